The van der Waals surface area contributed by atoms with Gasteiger partial charge in [0, 0.05) is 19.1 Å². The van der Waals surface area contributed by atoms with E-state index in [0.29, 0.717) is 17.8 Å². The average molecular weight is 239 g/mol. The minimum atomic E-state index is -0.642. The van der Waals surface area contributed by atoms with Crippen LogP contribution in [0.5, 0.6) is 0 Å². The lowest BCUT2D eigenvalue weighted by atomic mass is 9.85. The topological polar surface area (TPSA) is 40.5 Å². The van der Waals surface area contributed by atoms with E-state index in [1.54, 1.807) is 0 Å². The Bertz CT molecular complexity index is 282. The molecule has 2 rings (SSSR count). The number of nitrogens with zero attached hydrogens (tertiary/aromatic N) is 1. The van der Waals surface area contributed by atoms with Crippen LogP contribution in [0.25, 0.3) is 0 Å². The van der Waals surface area contributed by atoms with Crippen molar-refractivity contribution in [3.05, 3.63) is 0 Å². The maximum atomic E-state index is 10.6. The van der Waals surface area contributed by atoms with Crippen LogP contribution in [0.2, 0.25) is 0 Å². The van der Waals surface area contributed by atoms with Crippen molar-refractivity contribution in [2.24, 2.45) is 11.3 Å². The zero-order chi connectivity index (χ0) is 12.5. The summed E-state index contributed by atoms with van der Waals surface area (Å²) in [7, 11) is 0. The first kappa shape index (κ1) is 12.9. The molecule has 1 aliphatic heterocycles. The lowest BCUT2D eigenvalue weighted by Crippen LogP contribution is -2.52. The molecule has 0 aromatic rings. The number of carbonyl (C=O) groups is 1. The van der Waals surface area contributed by atoms with E-state index >= 15 is 0 Å². The molecule has 3 heteroatoms. The standard InChI is InChI=1S/C14H25NO2/c1-14(2)6-3-4-12(5-7-14)15-9-11(10-15)8-13(16)17/h11-12H,3-10H2,1-2H3,(H,16,17). The van der Waals surface area contributed by atoms with Gasteiger partial charge in [0.25, 0.3) is 0 Å². The van der Waals surface area contributed by atoms with E-state index in [0.717, 1.165) is 19.1 Å². The highest BCUT2D eigenvalue weighted by Gasteiger charge is 2.35. The first-order chi connectivity index (χ1) is 7.96. The van der Waals surface area contributed by atoms with Gasteiger partial charge < -0.3 is 5.11 Å². The Kier molecular flexibility index (Phi) is 3.76. The minimum absolute atomic E-state index is 0.356. The third kappa shape index (κ3) is 3.44. The van der Waals surface area contributed by atoms with Crippen LogP contribution >= 0.6 is 0 Å². The summed E-state index contributed by atoms with van der Waals surface area (Å²) in [4.78, 5) is 13.1. The molecule has 2 fully saturated rings. The summed E-state index contributed by atoms with van der Waals surface area (Å²) < 4.78 is 0. The van der Waals surface area contributed by atoms with E-state index < -0.39 is 5.97 Å². The normalized spacial score (nSPS) is 30.6. The van der Waals surface area contributed by atoms with Gasteiger partial charge in [0.1, 0.15) is 0 Å². The molecule has 1 N–H and O–H groups in total. The van der Waals surface area contributed by atoms with Crippen molar-refractivity contribution >= 4 is 5.97 Å². The molecule has 1 heterocycles. The monoisotopic (exact) mass is 239 g/mol. The Balaban J connectivity index is 1.76. The van der Waals surface area contributed by atoms with Gasteiger partial charge in [0.05, 0.1) is 6.42 Å². The molecule has 1 atom stereocenters. The second kappa shape index (κ2) is 4.97. The number of rotatable bonds is 3. The largest absolute Gasteiger partial charge is 0.481 e. The fraction of sp³-hybridized carbons (Fsp3) is 0.929. The van der Waals surface area contributed by atoms with Crippen LogP contribution < -0.4 is 0 Å². The highest BCUT2D eigenvalue weighted by atomic mass is 16.4. The van der Waals surface area contributed by atoms with E-state index in [1.165, 1.54) is 32.1 Å². The van der Waals surface area contributed by atoms with Crippen LogP contribution in [0.15, 0.2) is 0 Å². The molecule has 0 spiro atoms. The van der Waals surface area contributed by atoms with Crippen molar-refractivity contribution < 1.29 is 9.90 Å². The summed E-state index contributed by atoms with van der Waals surface area (Å²) in [6.07, 6.45) is 6.95. The molecule has 1 saturated heterocycles. The Hall–Kier alpha value is -0.570. The van der Waals surface area contributed by atoms with E-state index in [-0.39, 0.29) is 0 Å². The highest BCUT2D eigenvalue weighted by molar-refractivity contribution is 5.67. The molecule has 1 saturated carbocycles. The molecule has 1 unspecified atom stereocenters. The van der Waals surface area contributed by atoms with Crippen LogP contribution in [0, 0.1) is 11.3 Å². The molecule has 0 amide bonds. The van der Waals surface area contributed by atoms with Crippen molar-refractivity contribution in [3.8, 4) is 0 Å². The second-order valence-corrected chi connectivity index (χ2v) is 6.67. The third-order valence-corrected chi connectivity index (χ3v) is 4.51. The molecular weight excluding hydrogens is 214 g/mol. The van der Waals surface area contributed by atoms with Gasteiger partial charge in [-0.1, -0.05) is 20.3 Å². The quantitative estimate of drug-likeness (QED) is 0.770. The summed E-state index contributed by atoms with van der Waals surface area (Å²) in [6.45, 7) is 6.77. The van der Waals surface area contributed by atoms with Crippen molar-refractivity contribution in [2.75, 3.05) is 13.1 Å². The lowest BCUT2D eigenvalue weighted by molar-refractivity contribution is -0.139. The van der Waals surface area contributed by atoms with Gasteiger partial charge in [0.15, 0.2) is 0 Å². The molecule has 98 valence electrons. The number of carboxylic acid groups (broad SMARTS) is 1. The molecule has 0 bridgehead atoms. The van der Waals surface area contributed by atoms with Crippen molar-refractivity contribution in [3.63, 3.8) is 0 Å². The van der Waals surface area contributed by atoms with Crippen molar-refractivity contribution in [1.82, 2.24) is 4.90 Å². The average Bonchev–Trinajstić information content (AvgIpc) is 2.32. The Morgan fingerprint density at radius 2 is 2.00 bits per heavy atom. The van der Waals surface area contributed by atoms with Gasteiger partial charge in [-0.2, -0.15) is 0 Å². The maximum Gasteiger partial charge on any atom is 0.303 e. The van der Waals surface area contributed by atoms with E-state index in [1.807, 2.05) is 0 Å². The van der Waals surface area contributed by atoms with Gasteiger partial charge in [-0.25, -0.2) is 0 Å². The SMILES string of the molecule is CC1(C)CCCC(N2CC(CC(=O)O)C2)CC1. The number of aliphatic carboxylic acids is 1. The summed E-state index contributed by atoms with van der Waals surface area (Å²) in [5.41, 5.74) is 0.514. The van der Waals surface area contributed by atoms with E-state index in [4.69, 9.17) is 5.11 Å². The molecule has 0 aromatic carbocycles. The molecule has 0 radical (unpaired) electrons. The fourth-order valence-corrected chi connectivity index (χ4v) is 3.29. The van der Waals surface area contributed by atoms with Crippen LogP contribution in [0.3, 0.4) is 0 Å². The van der Waals surface area contributed by atoms with E-state index in [2.05, 4.69) is 18.7 Å². The van der Waals surface area contributed by atoms with Crippen LogP contribution in [-0.4, -0.2) is 35.1 Å². The van der Waals surface area contributed by atoms with Gasteiger partial charge in [-0.3, -0.25) is 9.69 Å². The molecule has 2 aliphatic rings. The number of hydrogen-bond acceptors (Lipinski definition) is 2. The van der Waals surface area contributed by atoms with E-state index in [9.17, 15) is 4.79 Å². The number of hydrogen-bond donors (Lipinski definition) is 1. The summed E-state index contributed by atoms with van der Waals surface area (Å²) in [5.74, 6) is -0.236. The van der Waals surface area contributed by atoms with Gasteiger partial charge >= 0.3 is 5.97 Å². The fourth-order valence-electron chi connectivity index (χ4n) is 3.29. The van der Waals surface area contributed by atoms with Crippen LogP contribution in [0.1, 0.15) is 52.4 Å². The zero-order valence-electron chi connectivity index (χ0n) is 11.1. The number of likely N-dealkylation sites (tertiary alicyclic amines) is 1. The third-order valence-electron chi connectivity index (χ3n) is 4.51. The second-order valence-electron chi connectivity index (χ2n) is 6.67. The maximum absolute atomic E-state index is 10.6. The van der Waals surface area contributed by atoms with Crippen molar-refractivity contribution in [2.45, 2.75) is 58.4 Å². The van der Waals surface area contributed by atoms with Crippen molar-refractivity contribution in [1.29, 1.82) is 0 Å². The predicted molar refractivity (Wildman–Crippen MR) is 68.0 cm³/mol. The molecular formula is C14H25NO2. The smallest absolute Gasteiger partial charge is 0.303 e. The molecule has 1 aliphatic carbocycles. The Labute approximate surface area is 104 Å². The lowest BCUT2D eigenvalue weighted by Gasteiger charge is -2.44. The van der Waals surface area contributed by atoms with Gasteiger partial charge in [-0.05, 0) is 37.0 Å². The summed E-state index contributed by atoms with van der Waals surface area (Å²) in [6, 6.07) is 0.724. The molecule has 0 aromatic heterocycles. The minimum Gasteiger partial charge on any atom is -0.481 e. The zero-order valence-corrected chi connectivity index (χ0v) is 11.1. The van der Waals surface area contributed by atoms with Crippen LogP contribution in [-0.2, 0) is 4.79 Å². The predicted octanol–water partition coefficient (Wildman–Crippen LogP) is 2.75. The van der Waals surface area contributed by atoms with Gasteiger partial charge in [0.2, 0.25) is 0 Å². The highest BCUT2D eigenvalue weighted by Crippen LogP contribution is 2.37. The molecule has 3 nitrogen and oxygen atoms in total. The Morgan fingerprint density at radius 3 is 2.65 bits per heavy atom. The first-order valence-electron chi connectivity index (χ1n) is 6.92. The summed E-state index contributed by atoms with van der Waals surface area (Å²) in [5, 5.41) is 8.74. The summed E-state index contributed by atoms with van der Waals surface area (Å²) >= 11 is 0. The first-order valence-corrected chi connectivity index (χ1v) is 6.92. The van der Waals surface area contributed by atoms with Gasteiger partial charge in [-0.15, -0.1) is 0 Å². The molecule has 17 heavy (non-hydrogen) atoms. The Morgan fingerprint density at radius 1 is 1.29 bits per heavy atom. The number of carboxylic acids is 1. The van der Waals surface area contributed by atoms with Crippen LogP contribution in [0.4, 0.5) is 0 Å².